The highest BCUT2D eigenvalue weighted by atomic mass is 32.1. The first-order valence-electron chi connectivity index (χ1n) is 4.68. The van der Waals surface area contributed by atoms with Crippen molar-refractivity contribution >= 4 is 16.1 Å². The lowest BCUT2D eigenvalue weighted by atomic mass is 9.71. The van der Waals surface area contributed by atoms with Crippen LogP contribution in [-0.2, 0) is 11.3 Å². The van der Waals surface area contributed by atoms with E-state index in [9.17, 15) is 4.21 Å². The summed E-state index contributed by atoms with van der Waals surface area (Å²) < 4.78 is 10.9. The Kier molecular flexibility index (Phi) is 1.57. The molecule has 0 aromatic rings. The maximum Gasteiger partial charge on any atom is 0.0882 e. The van der Waals surface area contributed by atoms with Crippen molar-refractivity contribution in [3.05, 3.63) is 0 Å². The molecular formula is C10H16OS. The molecule has 2 aliphatic carbocycles. The summed E-state index contributed by atoms with van der Waals surface area (Å²) in [5, 5.41) is 0. The van der Waals surface area contributed by atoms with Gasteiger partial charge in [-0.1, -0.05) is 20.8 Å². The van der Waals surface area contributed by atoms with E-state index in [1.165, 1.54) is 17.7 Å². The van der Waals surface area contributed by atoms with Crippen molar-refractivity contribution in [2.75, 3.05) is 0 Å². The van der Waals surface area contributed by atoms with E-state index in [1.807, 2.05) is 0 Å². The van der Waals surface area contributed by atoms with Gasteiger partial charge in [0, 0.05) is 10.3 Å². The largest absolute Gasteiger partial charge is 0.212 e. The summed E-state index contributed by atoms with van der Waals surface area (Å²) in [5.41, 5.74) is 0.615. The second-order valence-electron chi connectivity index (χ2n) is 5.00. The van der Waals surface area contributed by atoms with Crippen molar-refractivity contribution < 1.29 is 4.21 Å². The first kappa shape index (κ1) is 8.49. The molecule has 0 radical (unpaired) electrons. The molecule has 2 fully saturated rings. The third-order valence-corrected chi connectivity index (χ3v) is 5.40. The SMILES string of the molecule is CC12CCC(CC1=S=O)C2(C)C. The maximum atomic E-state index is 10.9. The minimum atomic E-state index is 0.240. The molecule has 0 heterocycles. The Morgan fingerprint density at radius 3 is 2.33 bits per heavy atom. The normalized spacial score (nSPS) is 43.6. The molecule has 2 saturated carbocycles. The highest BCUT2D eigenvalue weighted by Crippen LogP contribution is 2.63. The van der Waals surface area contributed by atoms with Crippen LogP contribution < -0.4 is 0 Å². The fourth-order valence-electron chi connectivity index (χ4n) is 3.03. The topological polar surface area (TPSA) is 17.1 Å². The van der Waals surface area contributed by atoms with Crippen LogP contribution >= 0.6 is 0 Å². The summed E-state index contributed by atoms with van der Waals surface area (Å²) >= 11 is 0.763. The monoisotopic (exact) mass is 184 g/mol. The van der Waals surface area contributed by atoms with Crippen LogP contribution in [0, 0.1) is 16.7 Å². The standard InChI is InChI=1S/C10H16OS/c1-9(2)7-4-5-10(9,3)8(6-7)12-11/h7H,4-6H2,1-3H3. The van der Waals surface area contributed by atoms with Crippen molar-refractivity contribution in [2.45, 2.75) is 40.0 Å². The Morgan fingerprint density at radius 2 is 2.08 bits per heavy atom. The fraction of sp³-hybridized carbons (Fsp3) is 0.900. The Balaban J connectivity index is 2.53. The van der Waals surface area contributed by atoms with Gasteiger partial charge in [0.15, 0.2) is 0 Å². The van der Waals surface area contributed by atoms with Crippen molar-refractivity contribution in [1.82, 2.24) is 0 Å². The summed E-state index contributed by atoms with van der Waals surface area (Å²) in [4.78, 5) is 1.21. The van der Waals surface area contributed by atoms with Crippen molar-refractivity contribution in [1.29, 1.82) is 0 Å². The van der Waals surface area contributed by atoms with E-state index in [-0.39, 0.29) is 5.41 Å². The highest BCUT2D eigenvalue weighted by Gasteiger charge is 2.59. The zero-order valence-corrected chi connectivity index (χ0v) is 8.83. The molecule has 1 nitrogen and oxygen atoms in total. The third kappa shape index (κ3) is 0.723. The first-order chi connectivity index (χ1) is 5.52. The van der Waals surface area contributed by atoms with Crippen LogP contribution in [0.1, 0.15) is 40.0 Å². The molecule has 0 aliphatic heterocycles. The molecule has 68 valence electrons. The van der Waals surface area contributed by atoms with Crippen LogP contribution in [0.5, 0.6) is 0 Å². The number of rotatable bonds is 0. The summed E-state index contributed by atoms with van der Waals surface area (Å²) in [6.45, 7) is 6.93. The lowest BCUT2D eigenvalue weighted by Gasteiger charge is -2.33. The molecule has 2 unspecified atom stereocenters. The van der Waals surface area contributed by atoms with Gasteiger partial charge in [-0.05, 0) is 30.6 Å². The Morgan fingerprint density at radius 1 is 1.42 bits per heavy atom. The third-order valence-electron chi connectivity index (χ3n) is 4.58. The van der Waals surface area contributed by atoms with Crippen molar-refractivity contribution in [2.24, 2.45) is 16.7 Å². The summed E-state index contributed by atoms with van der Waals surface area (Å²) in [7, 11) is 0. The lowest BCUT2D eigenvalue weighted by Crippen LogP contribution is -2.32. The average molecular weight is 184 g/mol. The van der Waals surface area contributed by atoms with Crippen LogP contribution in [0.15, 0.2) is 0 Å². The van der Waals surface area contributed by atoms with Gasteiger partial charge in [0.05, 0.1) is 11.3 Å². The molecule has 0 saturated heterocycles. The molecule has 0 amide bonds. The van der Waals surface area contributed by atoms with Crippen LogP contribution in [-0.4, -0.2) is 9.07 Å². The molecule has 2 atom stereocenters. The minimum Gasteiger partial charge on any atom is -0.212 e. The van der Waals surface area contributed by atoms with Crippen molar-refractivity contribution in [3.8, 4) is 0 Å². The predicted molar refractivity (Wildman–Crippen MR) is 52.4 cm³/mol. The van der Waals surface area contributed by atoms with Gasteiger partial charge in [-0.25, -0.2) is 4.21 Å². The molecule has 0 aromatic carbocycles. The van der Waals surface area contributed by atoms with Crippen LogP contribution in [0.2, 0.25) is 0 Å². The van der Waals surface area contributed by atoms with Gasteiger partial charge in [-0.3, -0.25) is 0 Å². The molecule has 0 N–H and O–H groups in total. The van der Waals surface area contributed by atoms with Gasteiger partial charge >= 0.3 is 0 Å². The zero-order valence-electron chi connectivity index (χ0n) is 8.02. The maximum absolute atomic E-state index is 10.9. The zero-order chi connectivity index (χ0) is 8.98. The van der Waals surface area contributed by atoms with E-state index < -0.39 is 0 Å². The summed E-state index contributed by atoms with van der Waals surface area (Å²) in [6, 6.07) is 0. The van der Waals surface area contributed by atoms with Gasteiger partial charge < -0.3 is 0 Å². The van der Waals surface area contributed by atoms with E-state index in [1.54, 1.807) is 0 Å². The van der Waals surface area contributed by atoms with Crippen molar-refractivity contribution in [3.63, 3.8) is 0 Å². The van der Waals surface area contributed by atoms with Crippen LogP contribution in [0.3, 0.4) is 0 Å². The average Bonchev–Trinajstić information content (AvgIpc) is 2.34. The molecule has 0 spiro atoms. The van der Waals surface area contributed by atoms with Gasteiger partial charge in [0.25, 0.3) is 0 Å². The van der Waals surface area contributed by atoms with Gasteiger partial charge in [0.2, 0.25) is 0 Å². The fourth-order valence-corrected chi connectivity index (χ4v) is 3.85. The van der Waals surface area contributed by atoms with Crippen LogP contribution in [0.4, 0.5) is 0 Å². The molecular weight excluding hydrogens is 168 g/mol. The Labute approximate surface area is 77.6 Å². The predicted octanol–water partition coefficient (Wildman–Crippen LogP) is 2.22. The first-order valence-corrected chi connectivity index (χ1v) is 5.42. The Bertz CT molecular complexity index is 276. The van der Waals surface area contributed by atoms with Gasteiger partial charge in [-0.15, -0.1) is 0 Å². The quantitative estimate of drug-likeness (QED) is 0.528. The number of hydrogen-bond donors (Lipinski definition) is 0. The molecule has 12 heavy (non-hydrogen) atoms. The second-order valence-corrected chi connectivity index (χ2v) is 5.66. The van der Waals surface area contributed by atoms with E-state index in [2.05, 4.69) is 20.8 Å². The summed E-state index contributed by atoms with van der Waals surface area (Å²) in [6.07, 6.45) is 3.64. The molecule has 2 bridgehead atoms. The molecule has 2 aliphatic rings. The minimum absolute atomic E-state index is 0.240. The van der Waals surface area contributed by atoms with Gasteiger partial charge in [0.1, 0.15) is 0 Å². The molecule has 2 heteroatoms. The highest BCUT2D eigenvalue weighted by molar-refractivity contribution is 7.66. The molecule has 0 aromatic heterocycles. The van der Waals surface area contributed by atoms with E-state index in [0.29, 0.717) is 5.41 Å². The van der Waals surface area contributed by atoms with E-state index in [4.69, 9.17) is 0 Å². The van der Waals surface area contributed by atoms with E-state index in [0.717, 1.165) is 23.6 Å². The lowest BCUT2D eigenvalue weighted by molar-refractivity contribution is 0.195. The smallest absolute Gasteiger partial charge is 0.0882 e. The van der Waals surface area contributed by atoms with Crippen LogP contribution in [0.25, 0.3) is 0 Å². The number of fused-ring (bicyclic) bond motifs is 2. The Hall–Kier alpha value is -0.110. The summed E-state index contributed by atoms with van der Waals surface area (Å²) in [5.74, 6) is 0.777. The van der Waals surface area contributed by atoms with Gasteiger partial charge in [-0.2, -0.15) is 0 Å². The molecule has 2 rings (SSSR count). The second kappa shape index (κ2) is 2.22. The number of hydrogen-bond acceptors (Lipinski definition) is 1. The van der Waals surface area contributed by atoms with E-state index >= 15 is 0 Å².